The van der Waals surface area contributed by atoms with Crippen LogP contribution in [0.2, 0.25) is 0 Å². The van der Waals surface area contributed by atoms with Gasteiger partial charge in [0.2, 0.25) is 0 Å². The number of H-pyrrole nitrogens is 1. The topological polar surface area (TPSA) is 77.1 Å². The molecule has 1 saturated carbocycles. The zero-order valence-electron chi connectivity index (χ0n) is 14.3. The fourth-order valence-electron chi connectivity index (χ4n) is 3.11. The van der Waals surface area contributed by atoms with Crippen molar-refractivity contribution in [2.45, 2.75) is 51.7 Å². The number of halogens is 1. The number of aromatic nitrogens is 3. The lowest BCUT2D eigenvalue weighted by Crippen LogP contribution is -2.16. The summed E-state index contributed by atoms with van der Waals surface area (Å²) < 4.78 is 24.7. The molecule has 6 nitrogen and oxygen atoms in total. The van der Waals surface area contributed by atoms with Gasteiger partial charge in [-0.15, -0.1) is 5.10 Å². The van der Waals surface area contributed by atoms with Gasteiger partial charge in [0.15, 0.2) is 5.69 Å². The molecule has 1 aliphatic rings. The average Bonchev–Trinajstić information content (AvgIpc) is 3.11. The number of hydrogen-bond acceptors (Lipinski definition) is 5. The summed E-state index contributed by atoms with van der Waals surface area (Å²) >= 11 is 0. The molecule has 1 aromatic carbocycles. The second-order valence-corrected chi connectivity index (χ2v) is 6.11. The third-order valence-electron chi connectivity index (χ3n) is 4.37. The number of carbonyl (C=O) groups is 1. The number of nitrogens with one attached hydrogen (secondary N) is 1. The minimum Gasteiger partial charge on any atom is -0.461 e. The van der Waals surface area contributed by atoms with E-state index in [9.17, 15) is 9.18 Å². The second-order valence-electron chi connectivity index (χ2n) is 6.11. The Morgan fingerprint density at radius 2 is 2.08 bits per heavy atom. The van der Waals surface area contributed by atoms with Crippen LogP contribution < -0.4 is 0 Å². The summed E-state index contributed by atoms with van der Waals surface area (Å²) in [4.78, 5) is 12.0. The van der Waals surface area contributed by atoms with Gasteiger partial charge in [0.25, 0.3) is 0 Å². The molecule has 3 rings (SSSR count). The lowest BCUT2D eigenvalue weighted by Gasteiger charge is -2.22. The highest BCUT2D eigenvalue weighted by atomic mass is 19.1. The zero-order valence-corrected chi connectivity index (χ0v) is 14.3. The first kappa shape index (κ1) is 17.5. The van der Waals surface area contributed by atoms with Crippen LogP contribution in [0.4, 0.5) is 4.39 Å². The van der Waals surface area contributed by atoms with Gasteiger partial charge in [-0.3, -0.25) is 0 Å². The average molecular weight is 347 g/mol. The van der Waals surface area contributed by atoms with Gasteiger partial charge in [-0.1, -0.05) is 19.3 Å². The van der Waals surface area contributed by atoms with Crippen molar-refractivity contribution in [3.05, 3.63) is 35.3 Å². The molecule has 0 bridgehead atoms. The Kier molecular flexibility index (Phi) is 5.75. The highest BCUT2D eigenvalue weighted by molar-refractivity contribution is 5.94. The van der Waals surface area contributed by atoms with E-state index in [1.807, 2.05) is 0 Å². The van der Waals surface area contributed by atoms with Crippen molar-refractivity contribution < 1.29 is 18.7 Å². The minimum atomic E-state index is -0.560. The maximum absolute atomic E-state index is 13.7. The monoisotopic (exact) mass is 347 g/mol. The summed E-state index contributed by atoms with van der Waals surface area (Å²) in [5.41, 5.74) is 1.70. The smallest absolute Gasteiger partial charge is 0.361 e. The Labute approximate surface area is 145 Å². The maximum Gasteiger partial charge on any atom is 0.361 e. The van der Waals surface area contributed by atoms with Crippen LogP contribution in [0.25, 0.3) is 11.3 Å². The van der Waals surface area contributed by atoms with Crippen molar-refractivity contribution in [3.63, 3.8) is 0 Å². The van der Waals surface area contributed by atoms with E-state index >= 15 is 0 Å². The molecule has 0 saturated heterocycles. The Hall–Kier alpha value is -2.28. The number of nitrogens with zero attached hydrogens (tertiary/aromatic N) is 2. The first-order valence-corrected chi connectivity index (χ1v) is 8.67. The van der Waals surface area contributed by atoms with Crippen molar-refractivity contribution >= 4 is 5.97 Å². The number of rotatable bonds is 6. The van der Waals surface area contributed by atoms with Gasteiger partial charge < -0.3 is 9.47 Å². The third-order valence-corrected chi connectivity index (χ3v) is 4.37. The highest BCUT2D eigenvalue weighted by Gasteiger charge is 2.22. The molecule has 7 heteroatoms. The standard InChI is InChI=1S/C18H22FN3O3/c1-2-24-18(23)17-16(20-22-21-17)15-9-8-13(19)10-12(15)11-25-14-6-4-3-5-7-14/h8-10,14H,2-7,11H2,1H3,(H,20,21,22). The van der Waals surface area contributed by atoms with Gasteiger partial charge in [0, 0.05) is 5.56 Å². The van der Waals surface area contributed by atoms with Crippen LogP contribution in [0.15, 0.2) is 18.2 Å². The van der Waals surface area contributed by atoms with E-state index < -0.39 is 5.97 Å². The molecule has 25 heavy (non-hydrogen) atoms. The number of aromatic amines is 1. The van der Waals surface area contributed by atoms with E-state index in [-0.39, 0.29) is 30.8 Å². The van der Waals surface area contributed by atoms with E-state index in [1.165, 1.54) is 18.6 Å². The SMILES string of the molecule is CCOC(=O)c1n[nH]nc1-c1ccc(F)cc1COC1CCCCC1. The first-order valence-electron chi connectivity index (χ1n) is 8.67. The summed E-state index contributed by atoms with van der Waals surface area (Å²) in [7, 11) is 0. The number of ether oxygens (including phenoxy) is 2. The van der Waals surface area contributed by atoms with Crippen LogP contribution in [-0.4, -0.2) is 34.1 Å². The number of esters is 1. The molecular weight excluding hydrogens is 325 g/mol. The van der Waals surface area contributed by atoms with E-state index in [1.54, 1.807) is 13.0 Å². The summed E-state index contributed by atoms with van der Waals surface area (Å²) in [6, 6.07) is 4.35. The van der Waals surface area contributed by atoms with Crippen LogP contribution in [-0.2, 0) is 16.1 Å². The molecule has 0 unspecified atom stereocenters. The van der Waals surface area contributed by atoms with E-state index in [2.05, 4.69) is 15.4 Å². The summed E-state index contributed by atoms with van der Waals surface area (Å²) in [6.45, 7) is 2.23. The van der Waals surface area contributed by atoms with E-state index in [4.69, 9.17) is 9.47 Å². The summed E-state index contributed by atoms with van der Waals surface area (Å²) in [6.07, 6.45) is 5.83. The van der Waals surface area contributed by atoms with Crippen molar-refractivity contribution in [1.82, 2.24) is 15.4 Å². The van der Waals surface area contributed by atoms with Gasteiger partial charge >= 0.3 is 5.97 Å². The van der Waals surface area contributed by atoms with Crippen molar-refractivity contribution in [2.24, 2.45) is 0 Å². The molecule has 0 aliphatic heterocycles. The minimum absolute atomic E-state index is 0.0902. The normalized spacial score (nSPS) is 15.3. The van der Waals surface area contributed by atoms with Crippen LogP contribution in [0.1, 0.15) is 55.1 Å². The quantitative estimate of drug-likeness (QED) is 0.807. The predicted octanol–water partition coefficient (Wildman–Crippen LogP) is 3.64. The van der Waals surface area contributed by atoms with Crippen molar-refractivity contribution in [2.75, 3.05) is 6.61 Å². The van der Waals surface area contributed by atoms with Gasteiger partial charge in [0.1, 0.15) is 11.5 Å². The predicted molar refractivity (Wildman–Crippen MR) is 89.4 cm³/mol. The van der Waals surface area contributed by atoms with Gasteiger partial charge in [-0.05, 0) is 43.5 Å². The van der Waals surface area contributed by atoms with Crippen LogP contribution in [0.5, 0.6) is 0 Å². The second kappa shape index (κ2) is 8.20. The molecule has 1 heterocycles. The van der Waals surface area contributed by atoms with E-state index in [0.29, 0.717) is 16.8 Å². The lowest BCUT2D eigenvalue weighted by atomic mass is 9.97. The van der Waals surface area contributed by atoms with Crippen molar-refractivity contribution in [1.29, 1.82) is 0 Å². The molecule has 1 fully saturated rings. The zero-order chi connectivity index (χ0) is 17.6. The number of benzene rings is 1. The molecule has 134 valence electrons. The molecule has 0 spiro atoms. The summed E-state index contributed by atoms with van der Waals surface area (Å²) in [5.74, 6) is -0.915. The van der Waals surface area contributed by atoms with Gasteiger partial charge in [-0.25, -0.2) is 9.18 Å². The number of carbonyl (C=O) groups excluding carboxylic acids is 1. The van der Waals surface area contributed by atoms with Crippen molar-refractivity contribution in [3.8, 4) is 11.3 Å². The van der Waals surface area contributed by atoms with E-state index in [0.717, 1.165) is 25.7 Å². The molecule has 2 aromatic rings. The Morgan fingerprint density at radius 3 is 2.84 bits per heavy atom. The molecule has 0 amide bonds. The Balaban J connectivity index is 1.84. The molecular formula is C18H22FN3O3. The third kappa shape index (κ3) is 4.22. The van der Waals surface area contributed by atoms with Gasteiger partial charge in [-0.2, -0.15) is 10.3 Å². The van der Waals surface area contributed by atoms with Crippen LogP contribution in [0, 0.1) is 5.82 Å². The van der Waals surface area contributed by atoms with Crippen LogP contribution >= 0.6 is 0 Å². The molecule has 1 N–H and O–H groups in total. The van der Waals surface area contributed by atoms with Crippen LogP contribution in [0.3, 0.4) is 0 Å². The largest absolute Gasteiger partial charge is 0.461 e. The highest BCUT2D eigenvalue weighted by Crippen LogP contribution is 2.28. The summed E-state index contributed by atoms with van der Waals surface area (Å²) in [5, 5.41) is 10.4. The number of hydrogen-bond donors (Lipinski definition) is 1. The molecule has 1 aromatic heterocycles. The fourth-order valence-corrected chi connectivity index (χ4v) is 3.11. The molecule has 0 atom stereocenters. The maximum atomic E-state index is 13.7. The molecule has 0 radical (unpaired) electrons. The fraction of sp³-hybridized carbons (Fsp3) is 0.500. The molecule has 1 aliphatic carbocycles. The Bertz CT molecular complexity index is 726. The first-order chi connectivity index (χ1) is 12.2. The Morgan fingerprint density at radius 1 is 1.28 bits per heavy atom. The lowest BCUT2D eigenvalue weighted by molar-refractivity contribution is 0.0169. The van der Waals surface area contributed by atoms with Gasteiger partial charge in [0.05, 0.1) is 19.3 Å².